The van der Waals surface area contributed by atoms with Crippen LogP contribution in [0, 0.1) is 16.7 Å². The lowest BCUT2D eigenvalue weighted by atomic mass is 9.38. The molecule has 0 aromatic heterocycles. The Morgan fingerprint density at radius 3 is 2.57 bits per heavy atom. The smallest absolute Gasteiger partial charge is 0.143 e. The molecule has 0 unspecified atom stereocenters. The molecule has 3 fully saturated rings. The number of hydrogen-bond acceptors (Lipinski definition) is 2. The van der Waals surface area contributed by atoms with Crippen LogP contribution in [0.5, 0.6) is 0 Å². The number of carbonyl (C=O) groups excluding carboxylic acids is 2. The van der Waals surface area contributed by atoms with Crippen molar-refractivity contribution >= 4 is 11.6 Å². The number of ketones is 2. The maximum atomic E-state index is 12.0. The number of Topliss-reactive ketones (excluding diaryl/α,β-unsaturated/α-hetero) is 2. The van der Waals surface area contributed by atoms with E-state index < -0.39 is 0 Å². The Balaban J connectivity index is 2.31. The minimum absolute atomic E-state index is 0.0635. The van der Waals surface area contributed by atoms with Crippen LogP contribution in [0.25, 0.3) is 0 Å². The first-order valence-electron chi connectivity index (χ1n) is 5.45. The van der Waals surface area contributed by atoms with Crippen molar-refractivity contribution in [2.75, 3.05) is 0 Å². The second-order valence-electron chi connectivity index (χ2n) is 5.49. The first-order chi connectivity index (χ1) is 6.42. The number of rotatable bonds is 2. The molecule has 3 aliphatic rings. The molecule has 0 amide bonds. The third-order valence-electron chi connectivity index (χ3n) is 4.54. The molecule has 3 rings (SSSR count). The highest BCUT2D eigenvalue weighted by molar-refractivity contribution is 5.99. The molecule has 0 saturated heterocycles. The first-order valence-corrected chi connectivity index (χ1v) is 5.45. The van der Waals surface area contributed by atoms with Gasteiger partial charge < -0.3 is 0 Å². The average molecular weight is 194 g/mol. The molecule has 0 spiro atoms. The van der Waals surface area contributed by atoms with Crippen LogP contribution in [-0.2, 0) is 9.59 Å². The van der Waals surface area contributed by atoms with E-state index in [9.17, 15) is 9.59 Å². The SMILES string of the molecule is CC(=O)C[C@]12CCC[C@H](C1=O)C2(C)C. The van der Waals surface area contributed by atoms with Gasteiger partial charge in [0.25, 0.3) is 0 Å². The Hall–Kier alpha value is -0.660. The number of fused-ring (bicyclic) bond motifs is 2. The lowest BCUT2D eigenvalue weighted by Gasteiger charge is -2.63. The largest absolute Gasteiger partial charge is 0.300 e. The molecule has 0 aromatic carbocycles. The van der Waals surface area contributed by atoms with Crippen LogP contribution in [0.1, 0.15) is 46.5 Å². The summed E-state index contributed by atoms with van der Waals surface area (Å²) < 4.78 is 0. The van der Waals surface area contributed by atoms with Crippen molar-refractivity contribution in [2.45, 2.75) is 46.5 Å². The van der Waals surface area contributed by atoms with E-state index in [-0.39, 0.29) is 22.5 Å². The van der Waals surface area contributed by atoms with Crippen molar-refractivity contribution < 1.29 is 9.59 Å². The van der Waals surface area contributed by atoms with Crippen LogP contribution in [0.4, 0.5) is 0 Å². The maximum Gasteiger partial charge on any atom is 0.143 e. The van der Waals surface area contributed by atoms with E-state index in [0.717, 1.165) is 19.3 Å². The summed E-state index contributed by atoms with van der Waals surface area (Å²) in [7, 11) is 0. The van der Waals surface area contributed by atoms with Gasteiger partial charge in [0.1, 0.15) is 11.6 Å². The molecule has 14 heavy (non-hydrogen) atoms. The molecule has 3 saturated carbocycles. The molecular formula is C12H18O2. The van der Waals surface area contributed by atoms with Crippen molar-refractivity contribution in [1.82, 2.24) is 0 Å². The standard InChI is InChI=1S/C12H18O2/c1-8(13)7-12-6-4-5-9(10(12)14)11(12,2)3/h9H,4-7H2,1-3H3/t9-,12-/m1/s1. The van der Waals surface area contributed by atoms with Gasteiger partial charge in [-0.3, -0.25) is 9.59 Å². The minimum atomic E-state index is -0.290. The molecule has 3 aliphatic carbocycles. The lowest BCUT2D eigenvalue weighted by Crippen LogP contribution is -2.66. The van der Waals surface area contributed by atoms with Crippen LogP contribution in [0.15, 0.2) is 0 Å². The van der Waals surface area contributed by atoms with Crippen LogP contribution >= 0.6 is 0 Å². The van der Waals surface area contributed by atoms with Crippen LogP contribution in [-0.4, -0.2) is 11.6 Å². The van der Waals surface area contributed by atoms with E-state index in [1.807, 2.05) is 0 Å². The highest BCUT2D eigenvalue weighted by Crippen LogP contribution is 2.66. The van der Waals surface area contributed by atoms with Gasteiger partial charge in [0.2, 0.25) is 0 Å². The first kappa shape index (κ1) is 9.88. The van der Waals surface area contributed by atoms with E-state index in [4.69, 9.17) is 0 Å². The molecule has 0 aliphatic heterocycles. The van der Waals surface area contributed by atoms with Crippen molar-refractivity contribution in [3.05, 3.63) is 0 Å². The van der Waals surface area contributed by atoms with Gasteiger partial charge in [-0.05, 0) is 25.2 Å². The van der Waals surface area contributed by atoms with Gasteiger partial charge in [-0.1, -0.05) is 20.3 Å². The highest BCUT2D eigenvalue weighted by Gasteiger charge is 2.68. The summed E-state index contributed by atoms with van der Waals surface area (Å²) in [6.45, 7) is 5.91. The summed E-state index contributed by atoms with van der Waals surface area (Å²) >= 11 is 0. The van der Waals surface area contributed by atoms with Crippen LogP contribution in [0.3, 0.4) is 0 Å². The van der Waals surface area contributed by atoms with Gasteiger partial charge in [-0.2, -0.15) is 0 Å². The molecule has 0 heterocycles. The number of carbonyl (C=O) groups is 2. The molecule has 2 heteroatoms. The maximum absolute atomic E-state index is 12.0. The zero-order valence-corrected chi connectivity index (χ0v) is 9.22. The summed E-state index contributed by atoms with van der Waals surface area (Å²) in [5.41, 5.74) is -0.226. The van der Waals surface area contributed by atoms with E-state index in [2.05, 4.69) is 13.8 Å². The second kappa shape index (κ2) is 2.68. The molecule has 78 valence electrons. The fourth-order valence-electron chi connectivity index (χ4n) is 3.61. The Bertz CT molecular complexity index is 303. The number of hydrogen-bond donors (Lipinski definition) is 0. The molecule has 2 nitrogen and oxygen atoms in total. The fourth-order valence-corrected chi connectivity index (χ4v) is 3.61. The monoisotopic (exact) mass is 194 g/mol. The Morgan fingerprint density at radius 1 is 1.50 bits per heavy atom. The Kier molecular flexibility index (Phi) is 1.89. The molecule has 0 aromatic rings. The molecule has 0 N–H and O–H groups in total. The Labute approximate surface area is 85.1 Å². The van der Waals surface area contributed by atoms with Gasteiger partial charge in [0.15, 0.2) is 0 Å². The van der Waals surface area contributed by atoms with Gasteiger partial charge >= 0.3 is 0 Å². The quantitative estimate of drug-likeness (QED) is 0.676. The third kappa shape index (κ3) is 0.918. The highest BCUT2D eigenvalue weighted by atomic mass is 16.1. The van der Waals surface area contributed by atoms with Gasteiger partial charge in [0, 0.05) is 17.8 Å². The molecular weight excluding hydrogens is 176 g/mol. The molecule has 0 radical (unpaired) electrons. The van der Waals surface area contributed by atoms with Gasteiger partial charge in [-0.15, -0.1) is 0 Å². The van der Waals surface area contributed by atoms with Crippen LogP contribution in [0.2, 0.25) is 0 Å². The van der Waals surface area contributed by atoms with Gasteiger partial charge in [0.05, 0.1) is 0 Å². The normalized spacial score (nSPS) is 39.1. The van der Waals surface area contributed by atoms with E-state index >= 15 is 0 Å². The predicted octanol–water partition coefficient (Wildman–Crippen LogP) is 2.36. The minimum Gasteiger partial charge on any atom is -0.300 e. The van der Waals surface area contributed by atoms with Crippen molar-refractivity contribution in [2.24, 2.45) is 16.7 Å². The third-order valence-corrected chi connectivity index (χ3v) is 4.54. The average Bonchev–Trinajstić information content (AvgIpc) is 2.07. The predicted molar refractivity (Wildman–Crippen MR) is 53.9 cm³/mol. The van der Waals surface area contributed by atoms with E-state index in [0.29, 0.717) is 12.2 Å². The zero-order valence-electron chi connectivity index (χ0n) is 9.22. The van der Waals surface area contributed by atoms with Crippen molar-refractivity contribution in [3.63, 3.8) is 0 Å². The molecule has 2 bridgehead atoms. The zero-order chi connectivity index (χ0) is 10.6. The van der Waals surface area contributed by atoms with Crippen LogP contribution < -0.4 is 0 Å². The fraction of sp³-hybridized carbons (Fsp3) is 0.833. The van der Waals surface area contributed by atoms with Crippen molar-refractivity contribution in [3.8, 4) is 0 Å². The van der Waals surface area contributed by atoms with Crippen molar-refractivity contribution in [1.29, 1.82) is 0 Å². The Morgan fingerprint density at radius 2 is 2.14 bits per heavy atom. The second-order valence-corrected chi connectivity index (χ2v) is 5.49. The summed E-state index contributed by atoms with van der Waals surface area (Å²) in [6, 6.07) is 0. The van der Waals surface area contributed by atoms with E-state index in [1.165, 1.54) is 0 Å². The summed E-state index contributed by atoms with van der Waals surface area (Å²) in [5.74, 6) is 0.756. The summed E-state index contributed by atoms with van der Waals surface area (Å²) in [4.78, 5) is 23.2. The molecule has 2 atom stereocenters. The summed E-state index contributed by atoms with van der Waals surface area (Å²) in [6.07, 6.45) is 3.54. The lowest BCUT2D eigenvalue weighted by molar-refractivity contribution is -0.187. The summed E-state index contributed by atoms with van der Waals surface area (Å²) in [5, 5.41) is 0. The topological polar surface area (TPSA) is 34.1 Å². The van der Waals surface area contributed by atoms with E-state index in [1.54, 1.807) is 6.92 Å². The van der Waals surface area contributed by atoms with Gasteiger partial charge in [-0.25, -0.2) is 0 Å².